The number of hydrogen-bond donors (Lipinski definition) is 3. The Morgan fingerprint density at radius 3 is 2.90 bits per heavy atom. The molecule has 7 heteroatoms. The molecule has 3 N–H and O–H groups in total. The summed E-state index contributed by atoms with van der Waals surface area (Å²) in [4.78, 5) is 0. The number of benzene rings is 1. The van der Waals surface area contributed by atoms with Crippen LogP contribution in [0.2, 0.25) is 0 Å². The van der Waals surface area contributed by atoms with Crippen molar-refractivity contribution < 1.29 is 10.2 Å². The van der Waals surface area contributed by atoms with Crippen molar-refractivity contribution in [3.63, 3.8) is 0 Å². The molecule has 0 atom stereocenters. The van der Waals surface area contributed by atoms with E-state index in [1.165, 1.54) is 12.1 Å². The Morgan fingerprint density at radius 1 is 1.40 bits per heavy atom. The molecule has 106 valence electrons. The highest BCUT2D eigenvalue weighted by Crippen LogP contribution is 2.24. The second kappa shape index (κ2) is 6.33. The zero-order chi connectivity index (χ0) is 14.5. The number of aromatic amines is 1. The van der Waals surface area contributed by atoms with Crippen molar-refractivity contribution in [3.05, 3.63) is 34.4 Å². The lowest BCUT2D eigenvalue weighted by Crippen LogP contribution is -1.99. The van der Waals surface area contributed by atoms with Crippen LogP contribution in [0.5, 0.6) is 11.5 Å². The van der Waals surface area contributed by atoms with Crippen molar-refractivity contribution in [2.24, 2.45) is 5.10 Å². The number of aryl methyl sites for hydroxylation is 1. The van der Waals surface area contributed by atoms with E-state index in [-0.39, 0.29) is 11.5 Å². The lowest BCUT2D eigenvalue weighted by molar-refractivity contribution is 0.403. The normalized spacial score (nSPS) is 11.2. The number of aromatic nitrogens is 3. The minimum atomic E-state index is -0.184. The fraction of sp³-hybridized carbons (Fsp3) is 0.308. The van der Waals surface area contributed by atoms with Crippen molar-refractivity contribution in [3.8, 4) is 11.5 Å². The van der Waals surface area contributed by atoms with Gasteiger partial charge in [-0.3, -0.25) is 5.10 Å². The molecule has 0 bridgehead atoms. The molecule has 2 aromatic rings. The molecule has 0 spiro atoms. The van der Waals surface area contributed by atoms with Crippen LogP contribution >= 0.6 is 12.2 Å². The van der Waals surface area contributed by atoms with E-state index in [9.17, 15) is 10.2 Å². The van der Waals surface area contributed by atoms with Gasteiger partial charge in [0.2, 0.25) is 4.77 Å². The highest BCUT2D eigenvalue weighted by molar-refractivity contribution is 7.71. The predicted molar refractivity (Wildman–Crippen MR) is 78.8 cm³/mol. The van der Waals surface area contributed by atoms with Crippen LogP contribution in [0.3, 0.4) is 0 Å². The number of H-pyrrole nitrogens is 1. The molecule has 0 radical (unpaired) electrons. The van der Waals surface area contributed by atoms with Gasteiger partial charge in [-0.2, -0.15) is 14.9 Å². The lowest BCUT2D eigenvalue weighted by atomic mass is 10.2. The third-order valence-corrected chi connectivity index (χ3v) is 3.06. The second-order valence-corrected chi connectivity index (χ2v) is 4.74. The van der Waals surface area contributed by atoms with E-state index in [0.29, 0.717) is 10.3 Å². The number of hydrogen-bond acceptors (Lipinski definition) is 5. The maximum absolute atomic E-state index is 9.43. The zero-order valence-electron chi connectivity index (χ0n) is 11.1. The van der Waals surface area contributed by atoms with Gasteiger partial charge in [-0.05, 0) is 42.4 Å². The molecule has 0 fully saturated rings. The van der Waals surface area contributed by atoms with Gasteiger partial charge in [-0.25, -0.2) is 0 Å². The van der Waals surface area contributed by atoms with Crippen molar-refractivity contribution in [2.75, 3.05) is 0 Å². The summed E-state index contributed by atoms with van der Waals surface area (Å²) in [7, 11) is 0. The first kappa shape index (κ1) is 14.3. The van der Waals surface area contributed by atoms with Crippen LogP contribution in [0, 0.1) is 4.77 Å². The van der Waals surface area contributed by atoms with Gasteiger partial charge in [-0.15, -0.1) is 0 Å². The summed E-state index contributed by atoms with van der Waals surface area (Å²) in [6.07, 6.45) is 4.42. The summed E-state index contributed by atoms with van der Waals surface area (Å²) in [5.74, 6) is 0.428. The predicted octanol–water partition coefficient (Wildman–Crippen LogP) is 2.58. The van der Waals surface area contributed by atoms with E-state index in [1.807, 2.05) is 0 Å². The number of unbranched alkanes of at least 4 members (excludes halogenated alkanes) is 1. The fourth-order valence-corrected chi connectivity index (χ4v) is 1.88. The Morgan fingerprint density at radius 2 is 2.20 bits per heavy atom. The average molecular weight is 292 g/mol. The molecule has 2 rings (SSSR count). The van der Waals surface area contributed by atoms with Crippen LogP contribution in [-0.4, -0.2) is 31.3 Å². The monoisotopic (exact) mass is 292 g/mol. The molecule has 1 aromatic heterocycles. The number of phenolic OH excluding ortho intramolecular Hbond substituents is 2. The van der Waals surface area contributed by atoms with E-state index in [1.54, 1.807) is 17.0 Å². The molecule has 0 aliphatic carbocycles. The Kier molecular flexibility index (Phi) is 4.52. The Hall–Kier alpha value is -2.15. The molecule has 0 saturated heterocycles. The molecule has 1 aromatic carbocycles. The molecule has 20 heavy (non-hydrogen) atoms. The van der Waals surface area contributed by atoms with Gasteiger partial charge in [0.1, 0.15) is 0 Å². The summed E-state index contributed by atoms with van der Waals surface area (Å²) in [5.41, 5.74) is 0.657. The molecular weight excluding hydrogens is 276 g/mol. The maximum atomic E-state index is 9.43. The van der Waals surface area contributed by atoms with Gasteiger partial charge in [0.25, 0.3) is 0 Å². The van der Waals surface area contributed by atoms with Crippen molar-refractivity contribution >= 4 is 18.4 Å². The summed E-state index contributed by atoms with van der Waals surface area (Å²) in [5, 5.41) is 29.8. The fourth-order valence-electron chi connectivity index (χ4n) is 1.69. The Bertz CT molecular complexity index is 675. The van der Waals surface area contributed by atoms with E-state index in [0.717, 1.165) is 25.1 Å². The number of nitrogens with zero attached hydrogens (tertiary/aromatic N) is 3. The highest BCUT2D eigenvalue weighted by Gasteiger charge is 2.04. The van der Waals surface area contributed by atoms with Crippen molar-refractivity contribution in [1.29, 1.82) is 0 Å². The van der Waals surface area contributed by atoms with Crippen LogP contribution in [-0.2, 0) is 6.42 Å². The van der Waals surface area contributed by atoms with Crippen molar-refractivity contribution in [1.82, 2.24) is 14.9 Å². The average Bonchev–Trinajstić information content (AvgIpc) is 2.78. The lowest BCUT2D eigenvalue weighted by Gasteiger charge is -2.00. The van der Waals surface area contributed by atoms with Crippen LogP contribution in [0.1, 0.15) is 31.2 Å². The molecular formula is C13H16N4O2S. The summed E-state index contributed by atoms with van der Waals surface area (Å²) in [6, 6.07) is 4.48. The first-order valence-corrected chi connectivity index (χ1v) is 6.75. The second-order valence-electron chi connectivity index (χ2n) is 4.35. The summed E-state index contributed by atoms with van der Waals surface area (Å²) in [6.45, 7) is 2.11. The van der Waals surface area contributed by atoms with E-state index in [2.05, 4.69) is 22.2 Å². The number of rotatable bonds is 5. The van der Waals surface area contributed by atoms with E-state index < -0.39 is 0 Å². The zero-order valence-corrected chi connectivity index (χ0v) is 11.9. The van der Waals surface area contributed by atoms with Gasteiger partial charge in [0, 0.05) is 6.42 Å². The quantitative estimate of drug-likeness (QED) is 0.449. The van der Waals surface area contributed by atoms with Gasteiger partial charge in [0.05, 0.1) is 6.21 Å². The third kappa shape index (κ3) is 3.24. The van der Waals surface area contributed by atoms with E-state index in [4.69, 9.17) is 12.2 Å². The first-order valence-electron chi connectivity index (χ1n) is 6.34. The molecule has 0 aliphatic heterocycles. The number of nitrogens with one attached hydrogen (secondary N) is 1. The van der Waals surface area contributed by atoms with Gasteiger partial charge in [-0.1, -0.05) is 13.3 Å². The van der Waals surface area contributed by atoms with Crippen LogP contribution in [0.25, 0.3) is 0 Å². The minimum absolute atomic E-state index is 0.161. The van der Waals surface area contributed by atoms with Crippen LogP contribution in [0.4, 0.5) is 0 Å². The molecule has 1 heterocycles. The molecule has 0 aliphatic rings. The van der Waals surface area contributed by atoms with E-state index >= 15 is 0 Å². The van der Waals surface area contributed by atoms with Crippen LogP contribution < -0.4 is 0 Å². The standard InChI is InChI=1S/C13H16N4O2S/c1-2-3-4-12-15-16-13(20)17(12)14-8-9-5-6-10(18)11(19)7-9/h5-8,18-19H,2-4H2,1H3,(H,16,20)/b14-8-. The summed E-state index contributed by atoms with van der Waals surface area (Å²) >= 11 is 5.13. The summed E-state index contributed by atoms with van der Waals surface area (Å²) < 4.78 is 1.99. The molecule has 0 saturated carbocycles. The largest absolute Gasteiger partial charge is 0.504 e. The first-order chi connectivity index (χ1) is 9.61. The van der Waals surface area contributed by atoms with Crippen molar-refractivity contribution in [2.45, 2.75) is 26.2 Å². The minimum Gasteiger partial charge on any atom is -0.504 e. The number of phenols is 2. The topological polar surface area (TPSA) is 86.4 Å². The van der Waals surface area contributed by atoms with Crippen LogP contribution in [0.15, 0.2) is 23.3 Å². The molecule has 6 nitrogen and oxygen atoms in total. The van der Waals surface area contributed by atoms with Gasteiger partial charge < -0.3 is 10.2 Å². The highest BCUT2D eigenvalue weighted by atomic mass is 32.1. The van der Waals surface area contributed by atoms with Gasteiger partial charge in [0.15, 0.2) is 17.3 Å². The van der Waals surface area contributed by atoms with Gasteiger partial charge >= 0.3 is 0 Å². The molecule has 0 unspecified atom stereocenters. The maximum Gasteiger partial charge on any atom is 0.216 e. The smallest absolute Gasteiger partial charge is 0.216 e. The number of aromatic hydroxyl groups is 2. The third-order valence-electron chi connectivity index (χ3n) is 2.79. The SMILES string of the molecule is CCCCc1n[nH]c(=S)n1/N=C\c1ccc(O)c(O)c1. The Labute approximate surface area is 121 Å². The Balaban J connectivity index is 2.24. The molecule has 0 amide bonds.